The number of carbonyl (C=O) groups excluding carboxylic acids is 1. The molecule has 0 aliphatic carbocycles. The third-order valence-corrected chi connectivity index (χ3v) is 5.75. The number of amides is 1. The number of fused-ring (bicyclic) bond motifs is 1. The van der Waals surface area contributed by atoms with Crippen LogP contribution < -0.4 is 5.32 Å². The molecule has 1 amide bonds. The van der Waals surface area contributed by atoms with E-state index in [1.54, 1.807) is 23.5 Å². The van der Waals surface area contributed by atoms with Gasteiger partial charge in [-0.2, -0.15) is 0 Å². The molecule has 0 fully saturated rings. The third-order valence-electron chi connectivity index (χ3n) is 3.50. The fraction of sp³-hybridized carbons (Fsp3) is 0. The van der Waals surface area contributed by atoms with Crippen LogP contribution in [0.2, 0.25) is 5.02 Å². The molecule has 0 saturated heterocycles. The number of thiophene rings is 1. The summed E-state index contributed by atoms with van der Waals surface area (Å²) in [5, 5.41) is 6.17. The van der Waals surface area contributed by atoms with E-state index in [0.29, 0.717) is 15.6 Å². The number of nitrogens with one attached hydrogen (secondary N) is 1. The van der Waals surface area contributed by atoms with Crippen LogP contribution in [0.4, 0.5) is 5.69 Å². The van der Waals surface area contributed by atoms with Crippen LogP contribution in [0.25, 0.3) is 20.8 Å². The minimum atomic E-state index is -0.131. The molecule has 118 valence electrons. The van der Waals surface area contributed by atoms with E-state index in [1.165, 1.54) is 11.3 Å². The van der Waals surface area contributed by atoms with Gasteiger partial charge in [0.15, 0.2) is 0 Å². The molecule has 0 spiro atoms. The normalized spacial score (nSPS) is 10.9. The summed E-state index contributed by atoms with van der Waals surface area (Å²) in [6.45, 7) is 0. The van der Waals surface area contributed by atoms with E-state index in [9.17, 15) is 4.79 Å². The number of thiazole rings is 1. The highest BCUT2D eigenvalue weighted by Crippen LogP contribution is 2.35. The maximum absolute atomic E-state index is 12.1. The Balaban J connectivity index is 1.63. The summed E-state index contributed by atoms with van der Waals surface area (Å²) in [6, 6.07) is 17.1. The molecule has 6 heteroatoms. The van der Waals surface area contributed by atoms with Crippen molar-refractivity contribution in [2.75, 3.05) is 5.32 Å². The Labute approximate surface area is 151 Å². The van der Waals surface area contributed by atoms with Crippen molar-refractivity contribution in [1.82, 2.24) is 4.98 Å². The molecule has 24 heavy (non-hydrogen) atoms. The summed E-state index contributed by atoms with van der Waals surface area (Å²) in [4.78, 5) is 17.4. The standard InChI is InChI=1S/C18H11ClN2OS2/c19-13-10-11(20-17(22)16-6-3-9-23-16)7-8-12(13)18-21-14-4-1-2-5-15(14)24-18/h1-10H,(H,20,22). The van der Waals surface area contributed by atoms with Gasteiger partial charge in [-0.25, -0.2) is 4.98 Å². The van der Waals surface area contributed by atoms with Crippen LogP contribution in [0.15, 0.2) is 60.0 Å². The molecule has 0 aliphatic rings. The Kier molecular flexibility index (Phi) is 4.06. The van der Waals surface area contributed by atoms with Crippen LogP contribution in [0.5, 0.6) is 0 Å². The summed E-state index contributed by atoms with van der Waals surface area (Å²) in [7, 11) is 0. The molecule has 2 aromatic carbocycles. The molecule has 4 rings (SSSR count). The number of carbonyl (C=O) groups is 1. The molecule has 0 saturated carbocycles. The number of halogens is 1. The Morgan fingerprint density at radius 2 is 1.96 bits per heavy atom. The second-order valence-corrected chi connectivity index (χ2v) is 7.50. The van der Waals surface area contributed by atoms with E-state index >= 15 is 0 Å². The first-order valence-corrected chi connectivity index (χ1v) is 9.28. The minimum Gasteiger partial charge on any atom is -0.321 e. The first kappa shape index (κ1) is 15.3. The maximum Gasteiger partial charge on any atom is 0.265 e. The fourth-order valence-corrected chi connectivity index (χ4v) is 4.30. The van der Waals surface area contributed by atoms with Crippen molar-refractivity contribution >= 4 is 56.1 Å². The number of nitrogens with zero attached hydrogens (tertiary/aromatic N) is 1. The topological polar surface area (TPSA) is 42.0 Å². The van der Waals surface area contributed by atoms with Crippen molar-refractivity contribution in [1.29, 1.82) is 0 Å². The van der Waals surface area contributed by atoms with Crippen molar-refractivity contribution in [3.8, 4) is 10.6 Å². The quantitative estimate of drug-likeness (QED) is 0.485. The van der Waals surface area contributed by atoms with Crippen LogP contribution in [0.3, 0.4) is 0 Å². The largest absolute Gasteiger partial charge is 0.321 e. The van der Waals surface area contributed by atoms with Crippen LogP contribution >= 0.6 is 34.3 Å². The highest BCUT2D eigenvalue weighted by molar-refractivity contribution is 7.21. The molecule has 0 aliphatic heterocycles. The van der Waals surface area contributed by atoms with Crippen LogP contribution in [0, 0.1) is 0 Å². The van der Waals surface area contributed by atoms with Gasteiger partial charge in [-0.3, -0.25) is 4.79 Å². The smallest absolute Gasteiger partial charge is 0.265 e. The lowest BCUT2D eigenvalue weighted by Crippen LogP contribution is -2.09. The molecule has 2 heterocycles. The van der Waals surface area contributed by atoms with Crippen molar-refractivity contribution in [2.45, 2.75) is 0 Å². The number of aromatic nitrogens is 1. The summed E-state index contributed by atoms with van der Waals surface area (Å²) in [5.41, 5.74) is 2.50. The summed E-state index contributed by atoms with van der Waals surface area (Å²) in [6.07, 6.45) is 0. The van der Waals surface area contributed by atoms with Gasteiger partial charge in [0, 0.05) is 11.3 Å². The fourth-order valence-electron chi connectivity index (χ4n) is 2.35. The van der Waals surface area contributed by atoms with Crippen molar-refractivity contribution in [2.24, 2.45) is 0 Å². The lowest BCUT2D eigenvalue weighted by molar-refractivity contribution is 0.103. The summed E-state index contributed by atoms with van der Waals surface area (Å²) >= 11 is 9.42. The first-order valence-electron chi connectivity index (χ1n) is 7.21. The number of hydrogen-bond donors (Lipinski definition) is 1. The zero-order valence-electron chi connectivity index (χ0n) is 12.3. The van der Waals surface area contributed by atoms with Gasteiger partial charge in [0.1, 0.15) is 5.01 Å². The Bertz CT molecular complexity index is 992. The predicted octanol–water partition coefficient (Wildman–Crippen LogP) is 5.93. The molecule has 0 atom stereocenters. The van der Waals surface area contributed by atoms with Gasteiger partial charge in [0.25, 0.3) is 5.91 Å². The van der Waals surface area contributed by atoms with Gasteiger partial charge in [0.05, 0.1) is 20.1 Å². The van der Waals surface area contributed by atoms with E-state index in [-0.39, 0.29) is 5.91 Å². The van der Waals surface area contributed by atoms with Gasteiger partial charge in [-0.1, -0.05) is 29.8 Å². The molecule has 3 nitrogen and oxygen atoms in total. The van der Waals surface area contributed by atoms with Crippen molar-refractivity contribution in [3.63, 3.8) is 0 Å². The first-order chi connectivity index (χ1) is 11.7. The lowest BCUT2D eigenvalue weighted by atomic mass is 10.2. The SMILES string of the molecule is O=C(Nc1ccc(-c2nc3ccccc3s2)c(Cl)c1)c1cccs1. The number of para-hydroxylation sites is 1. The summed E-state index contributed by atoms with van der Waals surface area (Å²) < 4.78 is 1.12. The highest BCUT2D eigenvalue weighted by Gasteiger charge is 2.12. The maximum atomic E-state index is 12.1. The van der Waals surface area contributed by atoms with E-state index in [0.717, 1.165) is 20.8 Å². The minimum absolute atomic E-state index is 0.131. The average Bonchev–Trinajstić information content (AvgIpc) is 3.24. The molecule has 0 radical (unpaired) electrons. The van der Waals surface area contributed by atoms with Crippen LogP contribution in [-0.2, 0) is 0 Å². The zero-order valence-corrected chi connectivity index (χ0v) is 14.7. The van der Waals surface area contributed by atoms with E-state index in [1.807, 2.05) is 47.8 Å². The molecular weight excluding hydrogens is 360 g/mol. The van der Waals surface area contributed by atoms with Crippen molar-refractivity contribution in [3.05, 3.63) is 69.9 Å². The highest BCUT2D eigenvalue weighted by atomic mass is 35.5. The van der Waals surface area contributed by atoms with Gasteiger partial charge >= 0.3 is 0 Å². The van der Waals surface area contributed by atoms with Gasteiger partial charge in [0.2, 0.25) is 0 Å². The number of anilines is 1. The lowest BCUT2D eigenvalue weighted by Gasteiger charge is -2.06. The molecule has 2 aromatic heterocycles. The second-order valence-electron chi connectivity index (χ2n) is 5.11. The van der Waals surface area contributed by atoms with E-state index < -0.39 is 0 Å². The molecule has 0 bridgehead atoms. The predicted molar refractivity (Wildman–Crippen MR) is 102 cm³/mol. The Hall–Kier alpha value is -2.21. The molecular formula is C18H11ClN2OS2. The van der Waals surface area contributed by atoms with E-state index in [2.05, 4.69) is 10.3 Å². The monoisotopic (exact) mass is 370 g/mol. The van der Waals surface area contributed by atoms with Gasteiger partial charge in [-0.15, -0.1) is 22.7 Å². The second kappa shape index (κ2) is 6.36. The van der Waals surface area contributed by atoms with Gasteiger partial charge in [-0.05, 0) is 41.8 Å². The molecule has 0 unspecified atom stereocenters. The van der Waals surface area contributed by atoms with E-state index in [4.69, 9.17) is 11.6 Å². The zero-order chi connectivity index (χ0) is 16.5. The number of rotatable bonds is 3. The molecule has 1 N–H and O–H groups in total. The Morgan fingerprint density at radius 1 is 1.08 bits per heavy atom. The summed E-state index contributed by atoms with van der Waals surface area (Å²) in [5.74, 6) is -0.131. The van der Waals surface area contributed by atoms with Gasteiger partial charge < -0.3 is 5.32 Å². The molecule has 4 aromatic rings. The Morgan fingerprint density at radius 3 is 2.71 bits per heavy atom. The average molecular weight is 371 g/mol. The van der Waals surface area contributed by atoms with Crippen LogP contribution in [-0.4, -0.2) is 10.9 Å². The number of benzene rings is 2. The van der Waals surface area contributed by atoms with Crippen LogP contribution in [0.1, 0.15) is 9.67 Å². The number of hydrogen-bond acceptors (Lipinski definition) is 4. The third kappa shape index (κ3) is 2.94. The van der Waals surface area contributed by atoms with Crippen molar-refractivity contribution < 1.29 is 4.79 Å².